The fourth-order valence-corrected chi connectivity index (χ4v) is 1.34. The van der Waals surface area contributed by atoms with Crippen molar-refractivity contribution >= 4 is 11.6 Å². The summed E-state index contributed by atoms with van der Waals surface area (Å²) in [6.45, 7) is -0.485. The largest absolute Gasteiger partial charge is 0.388 e. The molecule has 0 saturated carbocycles. The molecular formula is C11H13ClF2O2. The van der Waals surface area contributed by atoms with Gasteiger partial charge in [-0.05, 0) is 17.7 Å². The topological polar surface area (TPSA) is 29.5 Å². The summed E-state index contributed by atoms with van der Waals surface area (Å²) in [4.78, 5) is 0. The molecule has 90 valence electrons. The van der Waals surface area contributed by atoms with E-state index in [1.165, 1.54) is 0 Å². The van der Waals surface area contributed by atoms with E-state index in [4.69, 9.17) is 11.6 Å². The lowest BCUT2D eigenvalue weighted by atomic mass is 10.1. The van der Waals surface area contributed by atoms with Gasteiger partial charge in [0.15, 0.2) is 0 Å². The van der Waals surface area contributed by atoms with Crippen LogP contribution in [0.2, 0.25) is 5.02 Å². The maximum absolute atomic E-state index is 11.7. The zero-order chi connectivity index (χ0) is 12.0. The van der Waals surface area contributed by atoms with Gasteiger partial charge < -0.3 is 9.84 Å². The summed E-state index contributed by atoms with van der Waals surface area (Å²) >= 11 is 5.69. The molecule has 5 heteroatoms. The smallest absolute Gasteiger partial charge is 0.261 e. The molecule has 0 aliphatic carbocycles. The van der Waals surface area contributed by atoms with E-state index in [1.807, 2.05) is 0 Å². The second kappa shape index (κ2) is 6.78. The van der Waals surface area contributed by atoms with Gasteiger partial charge in [0, 0.05) is 18.1 Å². The third kappa shape index (κ3) is 4.88. The van der Waals surface area contributed by atoms with E-state index in [1.54, 1.807) is 24.3 Å². The Hall–Kier alpha value is -0.710. The van der Waals surface area contributed by atoms with Crippen LogP contribution in [0.15, 0.2) is 24.3 Å². The Morgan fingerprint density at radius 1 is 1.25 bits per heavy atom. The number of halogens is 3. The standard InChI is InChI=1S/C11H13ClF2O2/c12-9-3-1-8(2-4-9)10(15)5-6-16-7-11(13)14/h1-4,10-11,15H,5-7H2. The van der Waals surface area contributed by atoms with Crippen LogP contribution in [0.1, 0.15) is 18.1 Å². The third-order valence-electron chi connectivity index (χ3n) is 2.03. The normalized spacial score (nSPS) is 13.1. The van der Waals surface area contributed by atoms with Crippen molar-refractivity contribution in [1.82, 2.24) is 0 Å². The highest BCUT2D eigenvalue weighted by atomic mass is 35.5. The average Bonchev–Trinajstić information content (AvgIpc) is 2.25. The van der Waals surface area contributed by atoms with Crippen LogP contribution in [0.5, 0.6) is 0 Å². The molecule has 1 N–H and O–H groups in total. The molecule has 1 unspecified atom stereocenters. The van der Waals surface area contributed by atoms with Crippen LogP contribution < -0.4 is 0 Å². The molecule has 0 radical (unpaired) electrons. The van der Waals surface area contributed by atoms with E-state index in [0.29, 0.717) is 10.6 Å². The Bertz CT molecular complexity index is 303. The maximum Gasteiger partial charge on any atom is 0.261 e. The number of aliphatic hydroxyl groups is 1. The Morgan fingerprint density at radius 2 is 1.88 bits per heavy atom. The number of benzene rings is 1. The molecule has 1 aromatic carbocycles. The lowest BCUT2D eigenvalue weighted by Crippen LogP contribution is -2.08. The van der Waals surface area contributed by atoms with Gasteiger partial charge in [-0.3, -0.25) is 0 Å². The van der Waals surface area contributed by atoms with Crippen LogP contribution in [0.4, 0.5) is 8.78 Å². The third-order valence-corrected chi connectivity index (χ3v) is 2.29. The van der Waals surface area contributed by atoms with Gasteiger partial charge in [0.25, 0.3) is 6.43 Å². The lowest BCUT2D eigenvalue weighted by Gasteiger charge is -2.11. The molecule has 1 aromatic rings. The molecule has 0 aliphatic heterocycles. The Kier molecular flexibility index (Phi) is 5.66. The van der Waals surface area contributed by atoms with Crippen LogP contribution in [0.25, 0.3) is 0 Å². The molecule has 0 aromatic heterocycles. The van der Waals surface area contributed by atoms with E-state index in [9.17, 15) is 13.9 Å². The van der Waals surface area contributed by atoms with E-state index in [-0.39, 0.29) is 13.0 Å². The van der Waals surface area contributed by atoms with Gasteiger partial charge in [0.2, 0.25) is 0 Å². The first kappa shape index (κ1) is 13.4. The van der Waals surface area contributed by atoms with Crippen molar-refractivity contribution in [2.24, 2.45) is 0 Å². The molecule has 0 aliphatic rings. The van der Waals surface area contributed by atoms with E-state index in [2.05, 4.69) is 4.74 Å². The summed E-state index contributed by atoms with van der Waals surface area (Å²) in [5, 5.41) is 10.3. The highest BCUT2D eigenvalue weighted by molar-refractivity contribution is 6.30. The summed E-state index contributed by atoms with van der Waals surface area (Å²) in [5.74, 6) is 0. The van der Waals surface area contributed by atoms with E-state index < -0.39 is 19.1 Å². The predicted molar refractivity (Wildman–Crippen MR) is 57.9 cm³/mol. The second-order valence-corrected chi connectivity index (χ2v) is 3.76. The zero-order valence-corrected chi connectivity index (χ0v) is 9.33. The predicted octanol–water partition coefficient (Wildman–Crippen LogP) is 3.05. The number of aliphatic hydroxyl groups excluding tert-OH is 1. The Balaban J connectivity index is 2.29. The first-order chi connectivity index (χ1) is 7.59. The number of rotatable bonds is 6. The molecule has 0 amide bonds. The summed E-state index contributed by atoms with van der Waals surface area (Å²) in [6, 6.07) is 6.72. The summed E-state index contributed by atoms with van der Waals surface area (Å²) < 4.78 is 28.1. The average molecular weight is 251 g/mol. The number of alkyl halides is 2. The summed E-state index contributed by atoms with van der Waals surface area (Å²) in [6.07, 6.45) is -2.89. The monoisotopic (exact) mass is 250 g/mol. The minimum atomic E-state index is -2.47. The van der Waals surface area contributed by atoms with Gasteiger partial charge >= 0.3 is 0 Å². The van der Waals surface area contributed by atoms with Crippen molar-refractivity contribution in [2.75, 3.05) is 13.2 Å². The SMILES string of the molecule is OC(CCOCC(F)F)c1ccc(Cl)cc1. The van der Waals surface area contributed by atoms with Gasteiger partial charge in [-0.25, -0.2) is 8.78 Å². The van der Waals surface area contributed by atoms with Crippen LogP contribution in [-0.4, -0.2) is 24.7 Å². The van der Waals surface area contributed by atoms with Gasteiger partial charge in [0.1, 0.15) is 6.61 Å². The number of hydrogen-bond acceptors (Lipinski definition) is 2. The van der Waals surface area contributed by atoms with Gasteiger partial charge in [-0.1, -0.05) is 23.7 Å². The second-order valence-electron chi connectivity index (χ2n) is 3.32. The van der Waals surface area contributed by atoms with Crippen LogP contribution in [0.3, 0.4) is 0 Å². The van der Waals surface area contributed by atoms with Gasteiger partial charge in [-0.2, -0.15) is 0 Å². The molecule has 0 fully saturated rings. The van der Waals surface area contributed by atoms with Crippen molar-refractivity contribution in [3.05, 3.63) is 34.9 Å². The van der Waals surface area contributed by atoms with E-state index in [0.717, 1.165) is 0 Å². The first-order valence-corrected chi connectivity index (χ1v) is 5.27. The Labute approximate surface area is 97.8 Å². The fraction of sp³-hybridized carbons (Fsp3) is 0.455. The van der Waals surface area contributed by atoms with Gasteiger partial charge in [-0.15, -0.1) is 0 Å². The first-order valence-electron chi connectivity index (χ1n) is 4.89. The molecule has 0 bridgehead atoms. The number of hydrogen-bond donors (Lipinski definition) is 1. The minimum absolute atomic E-state index is 0.105. The number of ether oxygens (including phenoxy) is 1. The highest BCUT2D eigenvalue weighted by Crippen LogP contribution is 2.19. The molecule has 16 heavy (non-hydrogen) atoms. The van der Waals surface area contributed by atoms with Crippen LogP contribution >= 0.6 is 11.6 Å². The Morgan fingerprint density at radius 3 is 2.44 bits per heavy atom. The van der Waals surface area contributed by atoms with Crippen LogP contribution in [-0.2, 0) is 4.74 Å². The molecule has 0 heterocycles. The van der Waals surface area contributed by atoms with Crippen molar-refractivity contribution in [3.8, 4) is 0 Å². The molecule has 1 rings (SSSR count). The summed E-state index contributed by atoms with van der Waals surface area (Å²) in [7, 11) is 0. The molecule has 2 nitrogen and oxygen atoms in total. The zero-order valence-electron chi connectivity index (χ0n) is 8.57. The highest BCUT2D eigenvalue weighted by Gasteiger charge is 2.08. The molecular weight excluding hydrogens is 238 g/mol. The van der Waals surface area contributed by atoms with Crippen molar-refractivity contribution in [3.63, 3.8) is 0 Å². The van der Waals surface area contributed by atoms with Crippen LogP contribution in [0, 0.1) is 0 Å². The quantitative estimate of drug-likeness (QED) is 0.787. The van der Waals surface area contributed by atoms with Crippen molar-refractivity contribution in [2.45, 2.75) is 19.0 Å². The fourth-order valence-electron chi connectivity index (χ4n) is 1.22. The molecule has 0 saturated heterocycles. The van der Waals surface area contributed by atoms with Gasteiger partial charge in [0.05, 0.1) is 6.10 Å². The molecule has 0 spiro atoms. The molecule has 1 atom stereocenters. The lowest BCUT2D eigenvalue weighted by molar-refractivity contribution is 0.00481. The minimum Gasteiger partial charge on any atom is -0.388 e. The van der Waals surface area contributed by atoms with Crippen molar-refractivity contribution < 1.29 is 18.6 Å². The maximum atomic E-state index is 11.7. The van der Waals surface area contributed by atoms with E-state index >= 15 is 0 Å². The summed E-state index contributed by atoms with van der Waals surface area (Å²) in [5.41, 5.74) is 0.699. The van der Waals surface area contributed by atoms with Crippen molar-refractivity contribution in [1.29, 1.82) is 0 Å².